The van der Waals surface area contributed by atoms with Crippen molar-refractivity contribution < 1.29 is 0 Å². The van der Waals surface area contributed by atoms with E-state index in [0.29, 0.717) is 11.8 Å². The molecule has 0 bridgehead atoms. The molecule has 17 heavy (non-hydrogen) atoms. The topological polar surface area (TPSA) is 0 Å². The third-order valence-corrected chi connectivity index (χ3v) is 3.61. The molecule has 2 aromatic rings. The van der Waals surface area contributed by atoms with Gasteiger partial charge in [-0.05, 0) is 34.7 Å². The smallest absolute Gasteiger partial charge is 0.0480 e. The summed E-state index contributed by atoms with van der Waals surface area (Å²) in [5.74, 6) is 1.02. The zero-order valence-electron chi connectivity index (χ0n) is 9.71. The van der Waals surface area contributed by atoms with Crippen LogP contribution in [-0.4, -0.2) is 0 Å². The van der Waals surface area contributed by atoms with E-state index in [0.717, 1.165) is 11.1 Å². The van der Waals surface area contributed by atoms with Gasteiger partial charge in [0.1, 0.15) is 0 Å². The number of rotatable bonds is 3. The minimum Gasteiger partial charge on any atom is -0.122 e. The Morgan fingerprint density at radius 1 is 0.882 bits per heavy atom. The van der Waals surface area contributed by atoms with Gasteiger partial charge in [-0.3, -0.25) is 0 Å². The predicted octanol–water partition coefficient (Wildman–Crippen LogP) is 5.14. The fourth-order valence-corrected chi connectivity index (χ4v) is 2.68. The Hall–Kier alpha value is -0.980. The van der Waals surface area contributed by atoms with Gasteiger partial charge in [-0.1, -0.05) is 42.5 Å². The fraction of sp³-hybridized carbons (Fsp3) is 0.200. The monoisotopic (exact) mass is 264 g/mol. The summed E-state index contributed by atoms with van der Waals surface area (Å²) in [5, 5.41) is 0. The first-order chi connectivity index (χ1) is 8.27. The van der Waals surface area contributed by atoms with Gasteiger partial charge in [0.15, 0.2) is 0 Å². The maximum atomic E-state index is 6.02. The first-order valence-corrected chi connectivity index (χ1v) is 6.63. The predicted molar refractivity (Wildman–Crippen MR) is 75.7 cm³/mol. The van der Waals surface area contributed by atoms with Gasteiger partial charge in [0, 0.05) is 11.8 Å². The Morgan fingerprint density at radius 3 is 2.18 bits per heavy atom. The third-order valence-electron chi connectivity index (χ3n) is 3.06. The van der Waals surface area contributed by atoms with Crippen LogP contribution in [0.15, 0.2) is 42.5 Å². The molecule has 0 atom stereocenters. The minimum atomic E-state index is 0.508. The number of halogens is 2. The number of alkyl halides is 2. The summed E-state index contributed by atoms with van der Waals surface area (Å²) >= 11 is 11.9. The highest BCUT2D eigenvalue weighted by molar-refractivity contribution is 6.19. The molecule has 0 fully saturated rings. The Balaban J connectivity index is 2.57. The van der Waals surface area contributed by atoms with Crippen LogP contribution in [0.1, 0.15) is 16.7 Å². The van der Waals surface area contributed by atoms with E-state index in [1.807, 2.05) is 18.2 Å². The normalized spacial score (nSPS) is 10.5. The van der Waals surface area contributed by atoms with Gasteiger partial charge in [0.25, 0.3) is 0 Å². The van der Waals surface area contributed by atoms with Crippen molar-refractivity contribution in [2.45, 2.75) is 18.7 Å². The summed E-state index contributed by atoms with van der Waals surface area (Å²) in [6.45, 7) is 2.11. The van der Waals surface area contributed by atoms with Crippen LogP contribution in [0.25, 0.3) is 11.1 Å². The number of benzene rings is 2. The van der Waals surface area contributed by atoms with Gasteiger partial charge in [0.2, 0.25) is 0 Å². The lowest BCUT2D eigenvalue weighted by molar-refractivity contribution is 1.21. The molecule has 2 heteroatoms. The molecule has 2 aromatic carbocycles. The third kappa shape index (κ3) is 2.48. The first kappa shape index (κ1) is 12.5. The molecular weight excluding hydrogens is 251 g/mol. The van der Waals surface area contributed by atoms with Crippen molar-refractivity contribution in [1.82, 2.24) is 0 Å². The van der Waals surface area contributed by atoms with E-state index in [1.165, 1.54) is 16.7 Å². The van der Waals surface area contributed by atoms with Crippen LogP contribution in [0.2, 0.25) is 0 Å². The number of hydrogen-bond donors (Lipinski definition) is 0. The highest BCUT2D eigenvalue weighted by atomic mass is 35.5. The second-order valence-corrected chi connectivity index (χ2v) is 4.54. The molecule has 0 amide bonds. The summed E-state index contributed by atoms with van der Waals surface area (Å²) in [5.41, 5.74) is 5.96. The quantitative estimate of drug-likeness (QED) is 0.674. The Labute approximate surface area is 112 Å². The molecule has 0 unspecified atom stereocenters. The molecule has 0 heterocycles. The number of hydrogen-bond acceptors (Lipinski definition) is 0. The SMILES string of the molecule is Cc1c(-c2ccccc2)ccc(CCl)c1CCl. The largest absolute Gasteiger partial charge is 0.122 e. The summed E-state index contributed by atoms with van der Waals surface area (Å²) in [6.07, 6.45) is 0. The van der Waals surface area contributed by atoms with Gasteiger partial charge in [-0.15, -0.1) is 23.2 Å². The molecule has 0 aromatic heterocycles. The molecule has 0 spiro atoms. The molecule has 0 nitrogen and oxygen atoms in total. The van der Waals surface area contributed by atoms with Gasteiger partial charge in [-0.2, -0.15) is 0 Å². The summed E-state index contributed by atoms with van der Waals surface area (Å²) < 4.78 is 0. The average Bonchev–Trinajstić information content (AvgIpc) is 2.39. The molecule has 0 N–H and O–H groups in total. The first-order valence-electron chi connectivity index (χ1n) is 5.56. The highest BCUT2D eigenvalue weighted by Gasteiger charge is 2.09. The molecular formula is C15H14Cl2. The van der Waals surface area contributed by atoms with E-state index in [4.69, 9.17) is 23.2 Å². The Kier molecular flexibility index (Phi) is 4.09. The van der Waals surface area contributed by atoms with E-state index >= 15 is 0 Å². The summed E-state index contributed by atoms with van der Waals surface area (Å²) in [7, 11) is 0. The van der Waals surface area contributed by atoms with Crippen molar-refractivity contribution >= 4 is 23.2 Å². The maximum absolute atomic E-state index is 6.02. The zero-order valence-corrected chi connectivity index (χ0v) is 11.2. The molecule has 0 aliphatic carbocycles. The molecule has 88 valence electrons. The van der Waals surface area contributed by atoms with Crippen LogP contribution in [0.5, 0.6) is 0 Å². The lowest BCUT2D eigenvalue weighted by Gasteiger charge is -2.13. The van der Waals surface area contributed by atoms with Gasteiger partial charge in [0.05, 0.1) is 0 Å². The van der Waals surface area contributed by atoms with Gasteiger partial charge >= 0.3 is 0 Å². The second-order valence-electron chi connectivity index (χ2n) is 4.01. The van der Waals surface area contributed by atoms with Crippen LogP contribution in [0.4, 0.5) is 0 Å². The van der Waals surface area contributed by atoms with Gasteiger partial charge in [-0.25, -0.2) is 0 Å². The molecule has 0 aliphatic heterocycles. The minimum absolute atomic E-state index is 0.508. The zero-order chi connectivity index (χ0) is 12.3. The van der Waals surface area contributed by atoms with Crippen LogP contribution in [0.3, 0.4) is 0 Å². The molecule has 0 aliphatic rings. The molecule has 0 radical (unpaired) electrons. The molecule has 2 rings (SSSR count). The van der Waals surface area contributed by atoms with Crippen LogP contribution >= 0.6 is 23.2 Å². The van der Waals surface area contributed by atoms with E-state index < -0.39 is 0 Å². The van der Waals surface area contributed by atoms with Crippen molar-refractivity contribution in [3.8, 4) is 11.1 Å². The Morgan fingerprint density at radius 2 is 1.59 bits per heavy atom. The van der Waals surface area contributed by atoms with Crippen molar-refractivity contribution in [2.24, 2.45) is 0 Å². The van der Waals surface area contributed by atoms with Crippen molar-refractivity contribution in [3.05, 3.63) is 59.2 Å². The van der Waals surface area contributed by atoms with Crippen LogP contribution in [0, 0.1) is 6.92 Å². The fourth-order valence-electron chi connectivity index (χ4n) is 2.05. The van der Waals surface area contributed by atoms with E-state index in [2.05, 4.69) is 31.2 Å². The lowest BCUT2D eigenvalue weighted by atomic mass is 9.94. The molecule has 0 saturated heterocycles. The Bertz CT molecular complexity index is 504. The van der Waals surface area contributed by atoms with E-state index in [-0.39, 0.29) is 0 Å². The summed E-state index contributed by atoms with van der Waals surface area (Å²) in [4.78, 5) is 0. The van der Waals surface area contributed by atoms with Crippen molar-refractivity contribution in [1.29, 1.82) is 0 Å². The van der Waals surface area contributed by atoms with Crippen LogP contribution in [-0.2, 0) is 11.8 Å². The lowest BCUT2D eigenvalue weighted by Crippen LogP contribution is -1.95. The van der Waals surface area contributed by atoms with Crippen LogP contribution < -0.4 is 0 Å². The maximum Gasteiger partial charge on any atom is 0.0480 e. The average molecular weight is 265 g/mol. The van der Waals surface area contributed by atoms with E-state index in [9.17, 15) is 0 Å². The second kappa shape index (κ2) is 5.57. The van der Waals surface area contributed by atoms with Crippen molar-refractivity contribution in [3.63, 3.8) is 0 Å². The van der Waals surface area contributed by atoms with Gasteiger partial charge < -0.3 is 0 Å². The molecule has 0 saturated carbocycles. The van der Waals surface area contributed by atoms with E-state index in [1.54, 1.807) is 0 Å². The van der Waals surface area contributed by atoms with Crippen molar-refractivity contribution in [2.75, 3.05) is 0 Å². The standard InChI is InChI=1S/C15H14Cl2/c1-11-14(12-5-3-2-4-6-12)8-7-13(9-16)15(11)10-17/h2-8H,9-10H2,1H3. The highest BCUT2D eigenvalue weighted by Crippen LogP contribution is 2.29. The summed E-state index contributed by atoms with van der Waals surface area (Å²) in [6, 6.07) is 14.5.